The summed E-state index contributed by atoms with van der Waals surface area (Å²) in [5, 5.41) is 14.3. The van der Waals surface area contributed by atoms with Gasteiger partial charge in [-0.2, -0.15) is 5.10 Å². The fourth-order valence-corrected chi connectivity index (χ4v) is 3.82. The van der Waals surface area contributed by atoms with Gasteiger partial charge in [0.1, 0.15) is 9.88 Å². The number of rotatable bonds is 3. The number of benzene rings is 1. The number of amides is 1. The summed E-state index contributed by atoms with van der Waals surface area (Å²) in [6.45, 7) is 0. The summed E-state index contributed by atoms with van der Waals surface area (Å²) in [5.41, 5.74) is 7.50. The molecule has 0 bridgehead atoms. The Morgan fingerprint density at radius 3 is 3.05 bits per heavy atom. The molecule has 5 nitrogen and oxygen atoms in total. The minimum absolute atomic E-state index is 0.407. The number of carbonyl (C=O) groups excluding carboxylic acids is 1. The number of anilines is 1. The molecule has 1 amide bonds. The summed E-state index contributed by atoms with van der Waals surface area (Å²) in [4.78, 5) is 12.3. The zero-order valence-corrected chi connectivity index (χ0v) is 12.5. The van der Waals surface area contributed by atoms with E-state index in [1.54, 1.807) is 6.20 Å². The van der Waals surface area contributed by atoms with Crippen molar-refractivity contribution in [2.45, 2.75) is 12.8 Å². The van der Waals surface area contributed by atoms with Crippen molar-refractivity contribution in [2.75, 3.05) is 5.32 Å². The highest BCUT2D eigenvalue weighted by Gasteiger charge is 2.18. The van der Waals surface area contributed by atoms with E-state index in [9.17, 15) is 4.79 Å². The largest absolute Gasteiger partial charge is 0.365 e. The lowest BCUT2D eigenvalue weighted by Gasteiger charge is -2.09. The first-order valence-electron chi connectivity index (χ1n) is 7.06. The van der Waals surface area contributed by atoms with Crippen LogP contribution in [0.25, 0.3) is 21.7 Å². The molecule has 0 atom stereocenters. The number of allylic oxidation sites excluding steroid dienone is 3. The van der Waals surface area contributed by atoms with Gasteiger partial charge in [0.25, 0.3) is 5.91 Å². The van der Waals surface area contributed by atoms with E-state index in [-0.39, 0.29) is 0 Å². The first-order chi connectivity index (χ1) is 10.7. The zero-order valence-electron chi connectivity index (χ0n) is 11.7. The van der Waals surface area contributed by atoms with E-state index in [1.807, 2.05) is 12.1 Å². The number of aromatic nitrogens is 2. The van der Waals surface area contributed by atoms with Gasteiger partial charge in [-0.15, -0.1) is 11.3 Å². The van der Waals surface area contributed by atoms with Crippen LogP contribution in [0.4, 0.5) is 5.00 Å². The second-order valence-corrected chi connectivity index (χ2v) is 6.23. The maximum atomic E-state index is 11.7. The van der Waals surface area contributed by atoms with Crippen molar-refractivity contribution >= 4 is 43.9 Å². The Hall–Kier alpha value is -2.60. The molecule has 4 N–H and O–H groups in total. The van der Waals surface area contributed by atoms with Gasteiger partial charge in [0.2, 0.25) is 0 Å². The third-order valence-electron chi connectivity index (χ3n) is 3.77. The van der Waals surface area contributed by atoms with Gasteiger partial charge in [-0.25, -0.2) is 0 Å². The lowest BCUT2D eigenvalue weighted by Crippen LogP contribution is -2.08. The topological polar surface area (TPSA) is 83.8 Å². The monoisotopic (exact) mass is 310 g/mol. The maximum Gasteiger partial charge on any atom is 0.259 e. The lowest BCUT2D eigenvalue weighted by molar-refractivity contribution is 0.101. The molecule has 1 aromatic carbocycles. The number of nitrogens with one attached hydrogen (secondary N) is 2. The second kappa shape index (κ2) is 4.99. The summed E-state index contributed by atoms with van der Waals surface area (Å²) >= 11 is 1.38. The normalized spacial score (nSPS) is 14.5. The molecule has 6 heteroatoms. The molecule has 0 saturated heterocycles. The van der Waals surface area contributed by atoms with Gasteiger partial charge in [-0.1, -0.05) is 24.3 Å². The van der Waals surface area contributed by atoms with Crippen molar-refractivity contribution in [1.82, 2.24) is 10.2 Å². The average molecular weight is 310 g/mol. The predicted molar refractivity (Wildman–Crippen MR) is 90.1 cm³/mol. The number of H-pyrrole nitrogens is 1. The fraction of sp³-hybridized carbons (Fsp3) is 0.125. The van der Waals surface area contributed by atoms with Gasteiger partial charge in [0.05, 0.1) is 11.7 Å². The van der Waals surface area contributed by atoms with Crippen LogP contribution in [0.2, 0.25) is 0 Å². The van der Waals surface area contributed by atoms with Crippen molar-refractivity contribution in [3.05, 3.63) is 47.1 Å². The molecule has 0 unspecified atom stereocenters. The number of thiophene rings is 1. The quantitative estimate of drug-likeness (QED) is 0.692. The Labute approximate surface area is 130 Å². The van der Waals surface area contributed by atoms with Gasteiger partial charge in [0, 0.05) is 21.9 Å². The minimum Gasteiger partial charge on any atom is -0.365 e. The number of hydrogen-bond acceptors (Lipinski definition) is 4. The Morgan fingerprint density at radius 2 is 2.27 bits per heavy atom. The number of aromatic amines is 1. The molecule has 1 aliphatic carbocycles. The van der Waals surface area contributed by atoms with E-state index in [4.69, 9.17) is 5.73 Å². The van der Waals surface area contributed by atoms with Crippen LogP contribution in [0.1, 0.15) is 22.5 Å². The van der Waals surface area contributed by atoms with E-state index in [1.165, 1.54) is 11.3 Å². The van der Waals surface area contributed by atoms with Crippen molar-refractivity contribution < 1.29 is 4.79 Å². The summed E-state index contributed by atoms with van der Waals surface area (Å²) < 4.78 is 0. The Morgan fingerprint density at radius 1 is 1.36 bits per heavy atom. The van der Waals surface area contributed by atoms with Gasteiger partial charge in [0.15, 0.2) is 0 Å². The molecule has 0 radical (unpaired) electrons. The molecule has 1 aliphatic rings. The van der Waals surface area contributed by atoms with Crippen molar-refractivity contribution in [1.29, 1.82) is 0 Å². The molecule has 0 fully saturated rings. The molecule has 0 saturated carbocycles. The highest BCUT2D eigenvalue weighted by Crippen LogP contribution is 2.40. The first kappa shape index (κ1) is 13.1. The lowest BCUT2D eigenvalue weighted by atomic mass is 10.1. The summed E-state index contributed by atoms with van der Waals surface area (Å²) in [6.07, 6.45) is 10.2. The maximum absolute atomic E-state index is 11.7. The fourth-order valence-electron chi connectivity index (χ4n) is 2.75. The molecular weight excluding hydrogens is 296 g/mol. The number of fused-ring (bicyclic) bond motifs is 3. The third-order valence-corrected chi connectivity index (χ3v) is 4.91. The van der Waals surface area contributed by atoms with Gasteiger partial charge >= 0.3 is 0 Å². The smallest absolute Gasteiger partial charge is 0.259 e. The third kappa shape index (κ3) is 2.00. The van der Waals surface area contributed by atoms with E-state index < -0.39 is 5.91 Å². The van der Waals surface area contributed by atoms with Crippen molar-refractivity contribution in [2.24, 2.45) is 5.73 Å². The van der Waals surface area contributed by atoms with Crippen LogP contribution in [0, 0.1) is 0 Å². The number of nitrogens with zero attached hydrogens (tertiary/aromatic N) is 1. The predicted octanol–water partition coefficient (Wildman–Crippen LogP) is 3.52. The summed E-state index contributed by atoms with van der Waals surface area (Å²) in [6, 6.07) is 3.88. The molecule has 2 aromatic heterocycles. The van der Waals surface area contributed by atoms with Crippen LogP contribution in [0.5, 0.6) is 0 Å². The highest BCUT2D eigenvalue weighted by molar-refractivity contribution is 7.20. The molecule has 0 spiro atoms. The molecular formula is C16H14N4OS. The standard InChI is InChI=1S/C16H14N4OS/c17-15(21)14-11-7-6-9-8-18-20-13(9)12(11)16(22-14)19-10-4-2-1-3-5-10/h2,4-8,19H,1,3H2,(H2,17,21)(H,18,20). The molecule has 0 aliphatic heterocycles. The van der Waals surface area contributed by atoms with E-state index in [0.29, 0.717) is 4.88 Å². The van der Waals surface area contributed by atoms with E-state index >= 15 is 0 Å². The summed E-state index contributed by atoms with van der Waals surface area (Å²) in [7, 11) is 0. The molecule has 2 heterocycles. The summed E-state index contributed by atoms with van der Waals surface area (Å²) in [5.74, 6) is -0.407. The Bertz CT molecular complexity index is 948. The number of carbonyl (C=O) groups is 1. The van der Waals surface area contributed by atoms with Gasteiger partial charge < -0.3 is 11.1 Å². The van der Waals surface area contributed by atoms with E-state index in [2.05, 4.69) is 33.7 Å². The van der Waals surface area contributed by atoms with Crippen LogP contribution in [0.15, 0.2) is 42.3 Å². The first-order valence-corrected chi connectivity index (χ1v) is 7.88. The zero-order chi connectivity index (χ0) is 15.1. The number of nitrogens with two attached hydrogens (primary N) is 1. The van der Waals surface area contributed by atoms with Crippen LogP contribution in [0.3, 0.4) is 0 Å². The Kier molecular flexibility index (Phi) is 2.97. The van der Waals surface area contributed by atoms with Crippen LogP contribution in [-0.2, 0) is 0 Å². The highest BCUT2D eigenvalue weighted by atomic mass is 32.1. The average Bonchev–Trinajstić information content (AvgIpc) is 3.12. The van der Waals surface area contributed by atoms with Crippen LogP contribution >= 0.6 is 11.3 Å². The van der Waals surface area contributed by atoms with Crippen LogP contribution < -0.4 is 11.1 Å². The molecule has 4 rings (SSSR count). The minimum atomic E-state index is -0.407. The van der Waals surface area contributed by atoms with Gasteiger partial charge in [-0.05, 0) is 18.9 Å². The van der Waals surface area contributed by atoms with Crippen molar-refractivity contribution in [3.8, 4) is 0 Å². The van der Waals surface area contributed by atoms with Gasteiger partial charge in [-0.3, -0.25) is 9.89 Å². The number of hydrogen-bond donors (Lipinski definition) is 3. The molecule has 22 heavy (non-hydrogen) atoms. The SMILES string of the molecule is NC(=O)c1sc(NC2=CCCC=C2)c2c1ccc1cn[nH]c12. The van der Waals surface area contributed by atoms with Crippen molar-refractivity contribution in [3.63, 3.8) is 0 Å². The van der Waals surface area contributed by atoms with Crippen LogP contribution in [-0.4, -0.2) is 16.1 Å². The molecule has 3 aromatic rings. The number of primary amides is 1. The Balaban J connectivity index is 1.95. The molecule has 110 valence electrons. The van der Waals surface area contributed by atoms with E-state index in [0.717, 1.165) is 45.2 Å². The second-order valence-electron chi connectivity index (χ2n) is 5.21.